The van der Waals surface area contributed by atoms with Gasteiger partial charge in [-0.1, -0.05) is 12.1 Å². The molecule has 0 saturated heterocycles. The van der Waals surface area contributed by atoms with Crippen LogP contribution in [0, 0.1) is 10.1 Å². The van der Waals surface area contributed by atoms with E-state index in [1.807, 2.05) is 0 Å². The molecule has 0 atom stereocenters. The number of fused-ring (bicyclic) bond motifs is 1. The zero-order valence-electron chi connectivity index (χ0n) is 14.7. The van der Waals surface area contributed by atoms with E-state index >= 15 is 0 Å². The van der Waals surface area contributed by atoms with Crippen LogP contribution in [0.4, 0.5) is 5.69 Å². The molecule has 28 heavy (non-hydrogen) atoms. The molecule has 3 amide bonds. The number of hydrogen-bond donors (Lipinski definition) is 1. The van der Waals surface area contributed by atoms with Crippen molar-refractivity contribution in [2.75, 3.05) is 6.54 Å². The minimum absolute atomic E-state index is 0.0330. The third-order valence-electron chi connectivity index (χ3n) is 4.17. The molecule has 0 aliphatic carbocycles. The van der Waals surface area contributed by atoms with Gasteiger partial charge < -0.3 is 0 Å². The normalized spacial score (nSPS) is 13.1. The largest absolute Gasteiger partial charge is 0.274 e. The summed E-state index contributed by atoms with van der Waals surface area (Å²) in [6.45, 7) is 0.145. The lowest BCUT2D eigenvalue weighted by atomic mass is 10.1. The summed E-state index contributed by atoms with van der Waals surface area (Å²) < 4.78 is 0. The third-order valence-corrected chi connectivity index (χ3v) is 4.17. The summed E-state index contributed by atoms with van der Waals surface area (Å²) in [6.07, 6.45) is 1.77. The van der Waals surface area contributed by atoms with Gasteiger partial charge in [-0.15, -0.1) is 0 Å². The van der Waals surface area contributed by atoms with Crippen molar-refractivity contribution >= 4 is 29.6 Å². The first-order valence-corrected chi connectivity index (χ1v) is 8.49. The van der Waals surface area contributed by atoms with E-state index in [4.69, 9.17) is 0 Å². The Labute approximate surface area is 159 Å². The molecule has 0 saturated carbocycles. The summed E-state index contributed by atoms with van der Waals surface area (Å²) in [5.41, 5.74) is 3.66. The van der Waals surface area contributed by atoms with Crippen molar-refractivity contribution in [1.29, 1.82) is 0 Å². The maximum atomic E-state index is 12.2. The molecule has 0 bridgehead atoms. The zero-order chi connectivity index (χ0) is 20.1. The average molecular weight is 380 g/mol. The number of rotatable bonds is 7. The Bertz CT molecular complexity index is 934. The van der Waals surface area contributed by atoms with Crippen LogP contribution in [0.3, 0.4) is 0 Å². The van der Waals surface area contributed by atoms with E-state index in [-0.39, 0.29) is 36.4 Å². The number of carbonyl (C=O) groups excluding carboxylic acids is 3. The monoisotopic (exact) mass is 380 g/mol. The van der Waals surface area contributed by atoms with Gasteiger partial charge >= 0.3 is 0 Å². The number of amides is 3. The molecule has 142 valence electrons. The van der Waals surface area contributed by atoms with Gasteiger partial charge in [0.25, 0.3) is 17.5 Å². The standard InChI is InChI=1S/C19H16N4O5/c24-17(21-20-12-13-7-9-14(10-8-13)23(27)28)6-3-11-22-18(25)15-4-1-2-5-16(15)19(22)26/h1-2,4-5,7-10,12H,3,6,11H2,(H,21,24)/b20-12-. The first-order chi connectivity index (χ1) is 13.5. The van der Waals surface area contributed by atoms with Gasteiger partial charge in [0.2, 0.25) is 5.91 Å². The molecule has 0 radical (unpaired) electrons. The van der Waals surface area contributed by atoms with Crippen LogP contribution in [0.15, 0.2) is 53.6 Å². The Morgan fingerprint density at radius 1 is 1.07 bits per heavy atom. The van der Waals surface area contributed by atoms with E-state index in [1.54, 1.807) is 24.3 Å². The van der Waals surface area contributed by atoms with Crippen LogP contribution in [0.1, 0.15) is 39.1 Å². The molecule has 2 aromatic carbocycles. The van der Waals surface area contributed by atoms with Crippen LogP contribution in [0.5, 0.6) is 0 Å². The fourth-order valence-electron chi connectivity index (χ4n) is 2.76. The lowest BCUT2D eigenvalue weighted by Crippen LogP contribution is -2.31. The number of hydrazone groups is 1. The van der Waals surface area contributed by atoms with Crippen LogP contribution < -0.4 is 5.43 Å². The average Bonchev–Trinajstić information content (AvgIpc) is 2.93. The van der Waals surface area contributed by atoms with E-state index in [0.29, 0.717) is 23.1 Å². The van der Waals surface area contributed by atoms with Gasteiger partial charge in [0.15, 0.2) is 0 Å². The van der Waals surface area contributed by atoms with Crippen molar-refractivity contribution in [1.82, 2.24) is 10.3 Å². The van der Waals surface area contributed by atoms with E-state index in [9.17, 15) is 24.5 Å². The van der Waals surface area contributed by atoms with Crippen molar-refractivity contribution in [2.24, 2.45) is 5.10 Å². The number of hydrogen-bond acceptors (Lipinski definition) is 6. The van der Waals surface area contributed by atoms with Gasteiger partial charge in [-0.3, -0.25) is 29.4 Å². The molecular weight excluding hydrogens is 364 g/mol. The molecule has 1 aliphatic heterocycles. The lowest BCUT2D eigenvalue weighted by molar-refractivity contribution is -0.384. The fraction of sp³-hybridized carbons (Fsp3) is 0.158. The Hall–Kier alpha value is -3.88. The molecule has 0 spiro atoms. The number of nitrogens with one attached hydrogen (secondary N) is 1. The van der Waals surface area contributed by atoms with Gasteiger partial charge in [0.05, 0.1) is 22.3 Å². The molecule has 2 aromatic rings. The molecule has 9 heteroatoms. The number of nitro groups is 1. The number of non-ortho nitro benzene ring substituents is 1. The zero-order valence-corrected chi connectivity index (χ0v) is 14.7. The van der Waals surface area contributed by atoms with Crippen LogP contribution in [-0.4, -0.2) is 40.3 Å². The molecule has 0 unspecified atom stereocenters. The van der Waals surface area contributed by atoms with Gasteiger partial charge in [-0.2, -0.15) is 5.10 Å². The summed E-state index contributed by atoms with van der Waals surface area (Å²) in [4.78, 5) is 47.5. The Kier molecular flexibility index (Phi) is 5.54. The van der Waals surface area contributed by atoms with Crippen molar-refractivity contribution in [3.05, 3.63) is 75.3 Å². The number of nitrogens with zero attached hydrogens (tertiary/aromatic N) is 3. The topological polar surface area (TPSA) is 122 Å². The van der Waals surface area contributed by atoms with E-state index < -0.39 is 4.92 Å². The Balaban J connectivity index is 1.44. The van der Waals surface area contributed by atoms with Crippen LogP contribution in [-0.2, 0) is 4.79 Å². The van der Waals surface area contributed by atoms with Gasteiger partial charge in [-0.25, -0.2) is 5.43 Å². The van der Waals surface area contributed by atoms with Crippen LogP contribution >= 0.6 is 0 Å². The molecule has 0 aromatic heterocycles. The maximum absolute atomic E-state index is 12.2. The number of carbonyl (C=O) groups is 3. The summed E-state index contributed by atoms with van der Waals surface area (Å²) >= 11 is 0. The summed E-state index contributed by atoms with van der Waals surface area (Å²) in [6, 6.07) is 12.3. The minimum Gasteiger partial charge on any atom is -0.274 e. The number of nitro benzene ring substituents is 1. The molecule has 1 aliphatic rings. The van der Waals surface area contributed by atoms with Crippen molar-refractivity contribution in [3.8, 4) is 0 Å². The highest BCUT2D eigenvalue weighted by Gasteiger charge is 2.34. The molecule has 1 N–H and O–H groups in total. The van der Waals surface area contributed by atoms with Gasteiger partial charge in [0.1, 0.15) is 0 Å². The maximum Gasteiger partial charge on any atom is 0.269 e. The minimum atomic E-state index is -0.503. The third kappa shape index (κ3) is 4.09. The summed E-state index contributed by atoms with van der Waals surface area (Å²) in [7, 11) is 0. The Morgan fingerprint density at radius 3 is 2.25 bits per heavy atom. The van der Waals surface area contributed by atoms with Crippen molar-refractivity contribution in [2.45, 2.75) is 12.8 Å². The van der Waals surface area contributed by atoms with Crippen LogP contribution in [0.25, 0.3) is 0 Å². The highest BCUT2D eigenvalue weighted by Crippen LogP contribution is 2.22. The number of imide groups is 1. The molecule has 3 rings (SSSR count). The summed E-state index contributed by atoms with van der Waals surface area (Å²) in [5.74, 6) is -1.07. The second-order valence-corrected chi connectivity index (χ2v) is 6.05. The van der Waals surface area contributed by atoms with E-state index in [1.165, 1.54) is 30.5 Å². The first kappa shape index (κ1) is 18.9. The van der Waals surface area contributed by atoms with Crippen molar-refractivity contribution in [3.63, 3.8) is 0 Å². The van der Waals surface area contributed by atoms with Crippen molar-refractivity contribution < 1.29 is 19.3 Å². The SMILES string of the molecule is O=C(CCCN1C(=O)c2ccccc2C1=O)N/N=C\c1ccc([N+](=O)[O-])cc1. The molecular formula is C19H16N4O5. The van der Waals surface area contributed by atoms with Gasteiger partial charge in [0, 0.05) is 25.1 Å². The highest BCUT2D eigenvalue weighted by molar-refractivity contribution is 6.21. The second kappa shape index (κ2) is 8.21. The summed E-state index contributed by atoms with van der Waals surface area (Å²) in [5, 5.41) is 14.4. The van der Waals surface area contributed by atoms with Gasteiger partial charge in [-0.05, 0) is 36.2 Å². The predicted molar refractivity (Wildman–Crippen MR) is 99.9 cm³/mol. The number of benzene rings is 2. The van der Waals surface area contributed by atoms with E-state index in [2.05, 4.69) is 10.5 Å². The fourth-order valence-corrected chi connectivity index (χ4v) is 2.76. The predicted octanol–water partition coefficient (Wildman–Crippen LogP) is 2.12. The molecule has 0 fully saturated rings. The van der Waals surface area contributed by atoms with E-state index in [0.717, 1.165) is 4.90 Å². The molecule has 9 nitrogen and oxygen atoms in total. The first-order valence-electron chi connectivity index (χ1n) is 8.49. The quantitative estimate of drug-likeness (QED) is 0.341. The Morgan fingerprint density at radius 2 is 1.68 bits per heavy atom. The smallest absolute Gasteiger partial charge is 0.269 e. The highest BCUT2D eigenvalue weighted by atomic mass is 16.6. The molecule has 1 heterocycles. The second-order valence-electron chi connectivity index (χ2n) is 6.05. The lowest BCUT2D eigenvalue weighted by Gasteiger charge is -2.12. The van der Waals surface area contributed by atoms with Crippen LogP contribution in [0.2, 0.25) is 0 Å².